The smallest absolute Gasteiger partial charge is 0.339 e. The summed E-state index contributed by atoms with van der Waals surface area (Å²) >= 11 is 0. The van der Waals surface area contributed by atoms with E-state index in [-0.39, 0.29) is 17.0 Å². The van der Waals surface area contributed by atoms with Crippen molar-refractivity contribution in [3.05, 3.63) is 46.8 Å². The van der Waals surface area contributed by atoms with Crippen molar-refractivity contribution in [2.75, 3.05) is 5.32 Å². The number of aryl methyl sites for hydroxylation is 2. The molecule has 0 bridgehead atoms. The topological polar surface area (TPSA) is 102 Å². The second kappa shape index (κ2) is 5.08. The molecule has 1 aromatic heterocycles. The minimum Gasteiger partial charge on any atom is -0.508 e. The number of aromatic nitrogens is 1. The van der Waals surface area contributed by atoms with Gasteiger partial charge in [-0.15, -0.1) is 0 Å². The van der Waals surface area contributed by atoms with E-state index in [9.17, 15) is 14.7 Å². The predicted octanol–water partition coefficient (Wildman–Crippen LogP) is 2.29. The minimum absolute atomic E-state index is 0.0368. The number of carbonyl (C=O) groups is 2. The van der Waals surface area contributed by atoms with E-state index in [0.717, 1.165) is 0 Å². The summed E-state index contributed by atoms with van der Waals surface area (Å²) in [6.07, 6.45) is 1.44. The molecule has 1 heterocycles. The molecule has 2 aromatic rings. The van der Waals surface area contributed by atoms with E-state index in [1.165, 1.54) is 24.4 Å². The lowest BCUT2D eigenvalue weighted by Crippen LogP contribution is -2.15. The highest BCUT2D eigenvalue weighted by atomic mass is 16.4. The molecule has 0 aliphatic carbocycles. The Morgan fingerprint density at radius 3 is 2.55 bits per heavy atom. The van der Waals surface area contributed by atoms with Crippen molar-refractivity contribution in [2.24, 2.45) is 0 Å². The number of hydrogen-bond acceptors (Lipinski definition) is 3. The molecule has 0 spiro atoms. The molecular weight excluding hydrogens is 260 g/mol. The quantitative estimate of drug-likeness (QED) is 0.689. The molecule has 0 unspecified atom stereocenters. The van der Waals surface area contributed by atoms with E-state index in [2.05, 4.69) is 10.3 Å². The maximum absolute atomic E-state index is 12.1. The molecule has 0 aliphatic rings. The van der Waals surface area contributed by atoms with E-state index >= 15 is 0 Å². The number of aromatic carboxylic acids is 1. The number of amides is 1. The summed E-state index contributed by atoms with van der Waals surface area (Å²) < 4.78 is 0. The summed E-state index contributed by atoms with van der Waals surface area (Å²) in [4.78, 5) is 26.0. The van der Waals surface area contributed by atoms with Crippen molar-refractivity contribution in [1.29, 1.82) is 0 Å². The summed E-state index contributed by atoms with van der Waals surface area (Å²) in [5.74, 6) is -1.46. The van der Waals surface area contributed by atoms with Crippen LogP contribution in [0.1, 0.15) is 32.0 Å². The van der Waals surface area contributed by atoms with Crippen molar-refractivity contribution in [1.82, 2.24) is 4.98 Å². The molecule has 1 amide bonds. The van der Waals surface area contributed by atoms with E-state index < -0.39 is 11.9 Å². The zero-order valence-electron chi connectivity index (χ0n) is 11.0. The van der Waals surface area contributed by atoms with Crippen molar-refractivity contribution in [2.45, 2.75) is 13.8 Å². The van der Waals surface area contributed by atoms with Gasteiger partial charge in [0.25, 0.3) is 5.91 Å². The monoisotopic (exact) mass is 274 g/mol. The molecule has 1 aromatic carbocycles. The summed E-state index contributed by atoms with van der Waals surface area (Å²) in [6.45, 7) is 3.31. The van der Waals surface area contributed by atoms with Gasteiger partial charge in [-0.3, -0.25) is 4.79 Å². The highest BCUT2D eigenvalue weighted by Gasteiger charge is 2.18. The Morgan fingerprint density at radius 2 is 1.95 bits per heavy atom. The Bertz CT molecular complexity index is 688. The van der Waals surface area contributed by atoms with Gasteiger partial charge in [-0.1, -0.05) is 0 Å². The minimum atomic E-state index is -1.11. The number of carboxylic acid groups (broad SMARTS) is 1. The van der Waals surface area contributed by atoms with Crippen LogP contribution in [0.3, 0.4) is 0 Å². The standard InChI is InChI=1S/C14H14N2O4/c1-7-5-9(17)3-4-10(7)13(18)16-11-6-15-8(2)12(11)14(19)20/h3-6,15,17H,1-2H3,(H,16,18)(H,19,20). The third-order valence-corrected chi connectivity index (χ3v) is 2.99. The van der Waals surface area contributed by atoms with Crippen LogP contribution < -0.4 is 5.32 Å². The average Bonchev–Trinajstić information content (AvgIpc) is 2.70. The Morgan fingerprint density at radius 1 is 1.25 bits per heavy atom. The largest absolute Gasteiger partial charge is 0.508 e. The first-order valence-corrected chi connectivity index (χ1v) is 5.92. The molecule has 0 saturated heterocycles. The Kier molecular flexibility index (Phi) is 3.47. The van der Waals surface area contributed by atoms with Crippen molar-refractivity contribution < 1.29 is 19.8 Å². The first-order valence-electron chi connectivity index (χ1n) is 5.92. The molecule has 4 N–H and O–H groups in total. The molecule has 20 heavy (non-hydrogen) atoms. The fraction of sp³-hybridized carbons (Fsp3) is 0.143. The van der Waals surface area contributed by atoms with E-state index in [0.29, 0.717) is 16.8 Å². The van der Waals surface area contributed by atoms with Crippen LogP contribution >= 0.6 is 0 Å². The van der Waals surface area contributed by atoms with Crippen molar-refractivity contribution in [3.63, 3.8) is 0 Å². The van der Waals surface area contributed by atoms with Gasteiger partial charge in [0.15, 0.2) is 0 Å². The molecule has 6 heteroatoms. The number of aromatic amines is 1. The van der Waals surface area contributed by atoms with Gasteiger partial charge in [0, 0.05) is 17.5 Å². The van der Waals surface area contributed by atoms with Gasteiger partial charge in [0.1, 0.15) is 11.3 Å². The van der Waals surface area contributed by atoms with Gasteiger partial charge in [0.2, 0.25) is 0 Å². The van der Waals surface area contributed by atoms with Gasteiger partial charge in [-0.2, -0.15) is 0 Å². The molecule has 0 saturated carbocycles. The van der Waals surface area contributed by atoms with Gasteiger partial charge >= 0.3 is 5.97 Å². The number of phenols is 1. The molecule has 104 valence electrons. The molecule has 0 atom stereocenters. The fourth-order valence-corrected chi connectivity index (χ4v) is 1.99. The van der Waals surface area contributed by atoms with E-state index in [1.807, 2.05) is 0 Å². The number of carbonyl (C=O) groups excluding carboxylic acids is 1. The van der Waals surface area contributed by atoms with Crippen LogP contribution in [0.5, 0.6) is 5.75 Å². The average molecular weight is 274 g/mol. The van der Waals surface area contributed by atoms with Gasteiger partial charge in [0.05, 0.1) is 5.69 Å². The van der Waals surface area contributed by atoms with Crippen LogP contribution in [0.25, 0.3) is 0 Å². The highest BCUT2D eigenvalue weighted by Crippen LogP contribution is 2.21. The number of benzene rings is 1. The molecule has 6 nitrogen and oxygen atoms in total. The summed E-state index contributed by atoms with van der Waals surface area (Å²) in [5.41, 5.74) is 1.70. The third kappa shape index (κ3) is 2.49. The van der Waals surface area contributed by atoms with Crippen LogP contribution in [-0.2, 0) is 0 Å². The van der Waals surface area contributed by atoms with Crippen molar-refractivity contribution in [3.8, 4) is 5.75 Å². The SMILES string of the molecule is Cc1cc(O)ccc1C(=O)Nc1c[nH]c(C)c1C(=O)O. The lowest BCUT2D eigenvalue weighted by atomic mass is 10.1. The first kappa shape index (κ1) is 13.7. The molecule has 0 radical (unpaired) electrons. The van der Waals surface area contributed by atoms with Gasteiger partial charge in [-0.25, -0.2) is 4.79 Å². The van der Waals surface area contributed by atoms with E-state index in [4.69, 9.17) is 5.11 Å². The van der Waals surface area contributed by atoms with Crippen LogP contribution in [0, 0.1) is 13.8 Å². The zero-order valence-corrected chi connectivity index (χ0v) is 11.0. The predicted molar refractivity (Wildman–Crippen MR) is 73.3 cm³/mol. The number of anilines is 1. The lowest BCUT2D eigenvalue weighted by Gasteiger charge is -2.07. The van der Waals surface area contributed by atoms with Gasteiger partial charge < -0.3 is 20.5 Å². The fourth-order valence-electron chi connectivity index (χ4n) is 1.99. The van der Waals surface area contributed by atoms with Crippen molar-refractivity contribution >= 4 is 17.6 Å². The number of H-pyrrole nitrogens is 1. The van der Waals surface area contributed by atoms with Gasteiger partial charge in [-0.05, 0) is 37.6 Å². The summed E-state index contributed by atoms with van der Waals surface area (Å²) in [7, 11) is 0. The summed E-state index contributed by atoms with van der Waals surface area (Å²) in [6, 6.07) is 4.36. The number of carboxylic acids is 1. The highest BCUT2D eigenvalue weighted by molar-refractivity contribution is 6.08. The number of nitrogens with one attached hydrogen (secondary N) is 2. The maximum Gasteiger partial charge on any atom is 0.339 e. The van der Waals surface area contributed by atoms with Crippen LogP contribution in [0.2, 0.25) is 0 Å². The van der Waals surface area contributed by atoms with Crippen LogP contribution in [0.15, 0.2) is 24.4 Å². The van der Waals surface area contributed by atoms with Crippen LogP contribution in [-0.4, -0.2) is 27.1 Å². The maximum atomic E-state index is 12.1. The first-order chi connectivity index (χ1) is 9.40. The number of aromatic hydroxyl groups is 1. The third-order valence-electron chi connectivity index (χ3n) is 2.99. The zero-order chi connectivity index (χ0) is 14.9. The molecular formula is C14H14N2O4. The Balaban J connectivity index is 2.31. The second-order valence-electron chi connectivity index (χ2n) is 4.46. The number of hydrogen-bond donors (Lipinski definition) is 4. The second-order valence-corrected chi connectivity index (χ2v) is 4.46. The summed E-state index contributed by atoms with van der Waals surface area (Å²) in [5, 5.41) is 21.0. The van der Waals surface area contributed by atoms with E-state index in [1.54, 1.807) is 13.8 Å². The lowest BCUT2D eigenvalue weighted by molar-refractivity contribution is 0.0697. The molecule has 0 fully saturated rings. The Labute approximate surface area is 115 Å². The number of rotatable bonds is 3. The Hall–Kier alpha value is -2.76. The molecule has 0 aliphatic heterocycles. The number of phenolic OH excluding ortho intramolecular Hbond substituents is 1. The van der Waals surface area contributed by atoms with Crippen LogP contribution in [0.4, 0.5) is 5.69 Å². The normalized spacial score (nSPS) is 10.3. The molecule has 2 rings (SSSR count).